The first-order valence-electron chi connectivity index (χ1n) is 5.24. The summed E-state index contributed by atoms with van der Waals surface area (Å²) in [5.74, 6) is 0.749. The molecule has 2 aromatic carbocycles. The maximum Gasteiger partial charge on any atom is 0.147 e. The Kier molecular flexibility index (Phi) is 4.34. The molecule has 0 radical (unpaired) electrons. The Morgan fingerprint density at radius 3 is 2.53 bits per heavy atom. The van der Waals surface area contributed by atoms with Crippen LogP contribution in [0.1, 0.15) is 5.56 Å². The SMILES string of the molecule is N=C(N)c1ccc(Cl)cc1Oc1cc(Br)ccc1Cl. The molecule has 3 N–H and O–H groups in total. The Bertz CT molecular complexity index is 647. The highest BCUT2D eigenvalue weighted by molar-refractivity contribution is 9.10. The van der Waals surface area contributed by atoms with E-state index in [0.29, 0.717) is 27.1 Å². The van der Waals surface area contributed by atoms with Crippen molar-refractivity contribution < 1.29 is 4.74 Å². The van der Waals surface area contributed by atoms with Gasteiger partial charge in [0, 0.05) is 15.6 Å². The van der Waals surface area contributed by atoms with E-state index in [1.807, 2.05) is 0 Å². The summed E-state index contributed by atoms with van der Waals surface area (Å²) in [4.78, 5) is 0. The minimum Gasteiger partial charge on any atom is -0.455 e. The number of nitrogen functional groups attached to an aromatic ring is 1. The van der Waals surface area contributed by atoms with Crippen LogP contribution >= 0.6 is 39.1 Å². The van der Waals surface area contributed by atoms with Crippen LogP contribution in [0.3, 0.4) is 0 Å². The molecule has 0 unspecified atom stereocenters. The number of rotatable bonds is 3. The van der Waals surface area contributed by atoms with Gasteiger partial charge in [0.05, 0.1) is 10.6 Å². The van der Waals surface area contributed by atoms with Crippen molar-refractivity contribution in [1.82, 2.24) is 0 Å². The fourth-order valence-corrected chi connectivity index (χ4v) is 2.14. The molecule has 2 aromatic rings. The number of nitrogens with one attached hydrogen (secondary N) is 1. The summed E-state index contributed by atoms with van der Waals surface area (Å²) in [5.41, 5.74) is 5.96. The molecule has 0 saturated heterocycles. The molecular weight excluding hydrogens is 351 g/mol. The normalized spacial score (nSPS) is 10.3. The molecule has 0 heterocycles. The first-order valence-corrected chi connectivity index (χ1v) is 6.79. The molecule has 0 fully saturated rings. The summed E-state index contributed by atoms with van der Waals surface area (Å²) >= 11 is 15.3. The minimum absolute atomic E-state index is 0.0993. The van der Waals surface area contributed by atoms with Gasteiger partial charge in [-0.1, -0.05) is 39.1 Å². The highest BCUT2D eigenvalue weighted by Crippen LogP contribution is 2.34. The number of ether oxygens (including phenoxy) is 1. The fourth-order valence-electron chi connectivity index (χ4n) is 1.48. The van der Waals surface area contributed by atoms with Gasteiger partial charge in [-0.3, -0.25) is 5.41 Å². The van der Waals surface area contributed by atoms with Crippen molar-refractivity contribution in [2.24, 2.45) is 5.73 Å². The first-order chi connectivity index (χ1) is 8.97. The van der Waals surface area contributed by atoms with Crippen molar-refractivity contribution >= 4 is 45.0 Å². The van der Waals surface area contributed by atoms with Gasteiger partial charge in [-0.2, -0.15) is 0 Å². The first kappa shape index (κ1) is 14.2. The molecule has 0 aliphatic carbocycles. The van der Waals surface area contributed by atoms with E-state index in [0.717, 1.165) is 4.47 Å². The van der Waals surface area contributed by atoms with E-state index in [2.05, 4.69) is 15.9 Å². The second-order valence-electron chi connectivity index (χ2n) is 3.73. The molecule has 19 heavy (non-hydrogen) atoms. The third kappa shape index (κ3) is 3.41. The van der Waals surface area contributed by atoms with Crippen LogP contribution in [-0.2, 0) is 0 Å². The molecule has 3 nitrogen and oxygen atoms in total. The Morgan fingerprint density at radius 1 is 1.11 bits per heavy atom. The molecule has 0 spiro atoms. The zero-order valence-corrected chi connectivity index (χ0v) is 12.7. The lowest BCUT2D eigenvalue weighted by Crippen LogP contribution is -2.12. The average Bonchev–Trinajstić information content (AvgIpc) is 2.33. The third-order valence-corrected chi connectivity index (χ3v) is 3.39. The second-order valence-corrected chi connectivity index (χ2v) is 5.49. The summed E-state index contributed by atoms with van der Waals surface area (Å²) in [6.45, 7) is 0. The van der Waals surface area contributed by atoms with Crippen molar-refractivity contribution in [2.75, 3.05) is 0 Å². The molecule has 0 saturated carbocycles. The van der Waals surface area contributed by atoms with Crippen molar-refractivity contribution in [3.8, 4) is 11.5 Å². The van der Waals surface area contributed by atoms with Crippen LogP contribution in [0.4, 0.5) is 0 Å². The van der Waals surface area contributed by atoms with Crippen molar-refractivity contribution in [1.29, 1.82) is 5.41 Å². The molecule has 0 aromatic heterocycles. The van der Waals surface area contributed by atoms with Crippen molar-refractivity contribution in [3.05, 3.63) is 56.5 Å². The van der Waals surface area contributed by atoms with Gasteiger partial charge in [0.2, 0.25) is 0 Å². The van der Waals surface area contributed by atoms with Crippen molar-refractivity contribution in [3.63, 3.8) is 0 Å². The van der Waals surface area contributed by atoms with Crippen molar-refractivity contribution in [2.45, 2.75) is 0 Å². The molecule has 2 rings (SSSR count). The van der Waals surface area contributed by atoms with E-state index >= 15 is 0 Å². The summed E-state index contributed by atoms with van der Waals surface area (Å²) in [5, 5.41) is 8.47. The minimum atomic E-state index is -0.0993. The maximum absolute atomic E-state index is 7.52. The number of hydrogen-bond donors (Lipinski definition) is 2. The summed E-state index contributed by atoms with van der Waals surface area (Å²) in [6, 6.07) is 10.1. The Hall–Kier alpha value is -1.23. The van der Waals surface area contributed by atoms with Crippen LogP contribution in [-0.4, -0.2) is 5.84 Å². The zero-order chi connectivity index (χ0) is 14.0. The Labute approximate surface area is 128 Å². The van der Waals surface area contributed by atoms with Gasteiger partial charge in [-0.25, -0.2) is 0 Å². The number of benzene rings is 2. The largest absolute Gasteiger partial charge is 0.455 e. The molecule has 0 amide bonds. The lowest BCUT2D eigenvalue weighted by Gasteiger charge is -2.12. The molecular formula is C13H9BrCl2N2O. The van der Waals surface area contributed by atoms with Gasteiger partial charge in [0.1, 0.15) is 17.3 Å². The topological polar surface area (TPSA) is 59.1 Å². The number of nitrogens with two attached hydrogens (primary N) is 1. The average molecular weight is 360 g/mol. The number of halogens is 3. The second kappa shape index (κ2) is 5.82. The molecule has 0 atom stereocenters. The maximum atomic E-state index is 7.52. The van der Waals surface area contributed by atoms with E-state index in [1.165, 1.54) is 0 Å². The highest BCUT2D eigenvalue weighted by atomic mass is 79.9. The van der Waals surface area contributed by atoms with E-state index in [-0.39, 0.29) is 5.84 Å². The summed E-state index contributed by atoms with van der Waals surface area (Å²) in [7, 11) is 0. The predicted molar refractivity (Wildman–Crippen MR) is 81.7 cm³/mol. The predicted octanol–water partition coefficient (Wildman–Crippen LogP) is 4.83. The lowest BCUT2D eigenvalue weighted by atomic mass is 10.2. The Balaban J connectivity index is 2.45. The molecule has 6 heteroatoms. The monoisotopic (exact) mass is 358 g/mol. The van der Waals surface area contributed by atoms with Crippen LogP contribution in [0, 0.1) is 5.41 Å². The van der Waals surface area contributed by atoms with Gasteiger partial charge < -0.3 is 10.5 Å². The smallest absolute Gasteiger partial charge is 0.147 e. The molecule has 98 valence electrons. The van der Waals surface area contributed by atoms with Gasteiger partial charge in [-0.05, 0) is 30.3 Å². The standard InChI is InChI=1S/C13H9BrCl2N2O/c14-7-1-4-10(16)12(5-7)19-11-6-8(15)2-3-9(11)13(17)18/h1-6H,(H3,17,18). The van der Waals surface area contributed by atoms with E-state index in [1.54, 1.807) is 36.4 Å². The van der Waals surface area contributed by atoms with Crippen LogP contribution in [0.15, 0.2) is 40.9 Å². The van der Waals surface area contributed by atoms with Crippen LogP contribution in [0.5, 0.6) is 11.5 Å². The quantitative estimate of drug-likeness (QED) is 0.608. The molecule has 0 aliphatic rings. The number of amidine groups is 1. The van der Waals surface area contributed by atoms with Crippen LogP contribution < -0.4 is 10.5 Å². The van der Waals surface area contributed by atoms with Gasteiger partial charge in [0.15, 0.2) is 0 Å². The molecule has 0 aliphatic heterocycles. The molecule has 0 bridgehead atoms. The van der Waals surface area contributed by atoms with Gasteiger partial charge >= 0.3 is 0 Å². The zero-order valence-electron chi connectivity index (χ0n) is 9.58. The lowest BCUT2D eigenvalue weighted by molar-refractivity contribution is 0.481. The Morgan fingerprint density at radius 2 is 1.84 bits per heavy atom. The number of hydrogen-bond acceptors (Lipinski definition) is 2. The van der Waals surface area contributed by atoms with Gasteiger partial charge in [0.25, 0.3) is 0 Å². The van der Waals surface area contributed by atoms with Crippen LogP contribution in [0.25, 0.3) is 0 Å². The third-order valence-electron chi connectivity index (χ3n) is 2.35. The highest BCUT2D eigenvalue weighted by Gasteiger charge is 2.11. The van der Waals surface area contributed by atoms with E-state index in [4.69, 9.17) is 39.1 Å². The van der Waals surface area contributed by atoms with Crippen LogP contribution in [0.2, 0.25) is 10.0 Å². The van der Waals surface area contributed by atoms with E-state index in [9.17, 15) is 0 Å². The fraction of sp³-hybridized carbons (Fsp3) is 0. The van der Waals surface area contributed by atoms with Gasteiger partial charge in [-0.15, -0.1) is 0 Å². The summed E-state index contributed by atoms with van der Waals surface area (Å²) in [6.07, 6.45) is 0. The van der Waals surface area contributed by atoms with E-state index < -0.39 is 0 Å². The summed E-state index contributed by atoms with van der Waals surface area (Å²) < 4.78 is 6.53.